The van der Waals surface area contributed by atoms with Crippen LogP contribution in [0.25, 0.3) is 11.0 Å². The Morgan fingerprint density at radius 3 is 2.74 bits per heavy atom. The number of aromatic amines is 1. The van der Waals surface area contributed by atoms with E-state index in [2.05, 4.69) is 25.3 Å². The summed E-state index contributed by atoms with van der Waals surface area (Å²) in [4.78, 5) is 15.4. The van der Waals surface area contributed by atoms with Crippen LogP contribution in [0.5, 0.6) is 5.88 Å². The Labute approximate surface area is 178 Å². The summed E-state index contributed by atoms with van der Waals surface area (Å²) in [5, 5.41) is 3.69. The van der Waals surface area contributed by atoms with Crippen molar-refractivity contribution in [1.82, 2.24) is 19.9 Å². The van der Waals surface area contributed by atoms with E-state index >= 15 is 0 Å². The third-order valence-electron chi connectivity index (χ3n) is 4.83. The molecule has 0 amide bonds. The first kappa shape index (κ1) is 20.7. The van der Waals surface area contributed by atoms with Crippen molar-refractivity contribution in [3.8, 4) is 5.88 Å². The Hall–Kier alpha value is -3.53. The number of sulfone groups is 1. The maximum atomic E-state index is 14.7. The Morgan fingerprint density at radius 2 is 2.00 bits per heavy atom. The molecule has 4 aromatic heterocycles. The summed E-state index contributed by atoms with van der Waals surface area (Å²) in [5.41, 5.74) is 2.48. The fourth-order valence-corrected chi connectivity index (χ4v) is 3.79. The molecular formula is C21H20FN5O3S. The number of nitrogens with one attached hydrogen (secondary N) is 2. The van der Waals surface area contributed by atoms with E-state index < -0.39 is 15.8 Å². The smallest absolute Gasteiger partial charge is 0.218 e. The summed E-state index contributed by atoms with van der Waals surface area (Å²) in [5.74, 6) is 0.269. The molecule has 4 heterocycles. The van der Waals surface area contributed by atoms with Crippen LogP contribution in [0.3, 0.4) is 0 Å². The van der Waals surface area contributed by atoms with Crippen LogP contribution in [-0.4, -0.2) is 41.7 Å². The maximum absolute atomic E-state index is 14.7. The van der Waals surface area contributed by atoms with Gasteiger partial charge in [0, 0.05) is 54.3 Å². The van der Waals surface area contributed by atoms with Gasteiger partial charge in [-0.1, -0.05) is 12.1 Å². The molecule has 0 fully saturated rings. The average molecular weight is 441 g/mol. The van der Waals surface area contributed by atoms with Gasteiger partial charge in [0.25, 0.3) is 0 Å². The SMILES string of the molecule is COc1ncccc1CNc1ccc(Cc2c[nH]c3ncc(S(C)(=O)=O)cc23)c(F)n1. The van der Waals surface area contributed by atoms with Crippen molar-refractivity contribution in [1.29, 1.82) is 0 Å². The monoisotopic (exact) mass is 441 g/mol. The lowest BCUT2D eigenvalue weighted by atomic mass is 10.1. The van der Waals surface area contributed by atoms with Crippen molar-refractivity contribution in [3.63, 3.8) is 0 Å². The molecule has 10 heteroatoms. The molecule has 0 bridgehead atoms. The van der Waals surface area contributed by atoms with E-state index in [1.165, 1.54) is 13.3 Å². The van der Waals surface area contributed by atoms with Gasteiger partial charge in [-0.15, -0.1) is 0 Å². The number of rotatable bonds is 7. The zero-order valence-electron chi connectivity index (χ0n) is 16.9. The summed E-state index contributed by atoms with van der Waals surface area (Å²) in [7, 11) is -1.86. The lowest BCUT2D eigenvalue weighted by Crippen LogP contribution is -2.06. The fraction of sp³-hybridized carbons (Fsp3) is 0.190. The molecular weight excluding hydrogens is 421 g/mol. The van der Waals surface area contributed by atoms with Crippen molar-refractivity contribution < 1.29 is 17.5 Å². The molecule has 31 heavy (non-hydrogen) atoms. The summed E-state index contributed by atoms with van der Waals surface area (Å²) in [6.07, 6.45) is 6.00. The number of H-pyrrole nitrogens is 1. The summed E-state index contributed by atoms with van der Waals surface area (Å²) >= 11 is 0. The maximum Gasteiger partial charge on any atom is 0.218 e. The minimum absolute atomic E-state index is 0.116. The second-order valence-corrected chi connectivity index (χ2v) is 9.02. The van der Waals surface area contributed by atoms with Gasteiger partial charge in [0.1, 0.15) is 11.5 Å². The minimum Gasteiger partial charge on any atom is -0.481 e. The Kier molecular flexibility index (Phi) is 5.55. The van der Waals surface area contributed by atoms with E-state index in [-0.39, 0.29) is 11.3 Å². The van der Waals surface area contributed by atoms with Crippen molar-refractivity contribution >= 4 is 26.7 Å². The molecule has 0 saturated heterocycles. The van der Waals surface area contributed by atoms with E-state index in [4.69, 9.17) is 4.74 Å². The Balaban J connectivity index is 1.54. The van der Waals surface area contributed by atoms with Gasteiger partial charge in [-0.3, -0.25) is 0 Å². The average Bonchev–Trinajstić information content (AvgIpc) is 3.15. The molecule has 0 spiro atoms. The quantitative estimate of drug-likeness (QED) is 0.424. The highest BCUT2D eigenvalue weighted by Crippen LogP contribution is 2.24. The van der Waals surface area contributed by atoms with Crippen LogP contribution in [-0.2, 0) is 22.8 Å². The zero-order valence-corrected chi connectivity index (χ0v) is 17.7. The van der Waals surface area contributed by atoms with Crippen LogP contribution in [0.4, 0.5) is 10.2 Å². The van der Waals surface area contributed by atoms with Crippen LogP contribution < -0.4 is 10.1 Å². The number of aromatic nitrogens is 4. The first-order valence-corrected chi connectivity index (χ1v) is 11.3. The van der Waals surface area contributed by atoms with Crippen LogP contribution in [0.2, 0.25) is 0 Å². The van der Waals surface area contributed by atoms with Crippen molar-refractivity contribution in [2.45, 2.75) is 17.9 Å². The lowest BCUT2D eigenvalue weighted by Gasteiger charge is -2.10. The van der Waals surface area contributed by atoms with E-state index in [0.717, 1.165) is 17.4 Å². The van der Waals surface area contributed by atoms with Crippen molar-refractivity contribution in [2.24, 2.45) is 0 Å². The van der Waals surface area contributed by atoms with E-state index in [1.807, 2.05) is 6.07 Å². The first-order chi connectivity index (χ1) is 14.8. The van der Waals surface area contributed by atoms with Crippen LogP contribution in [0, 0.1) is 5.95 Å². The zero-order chi connectivity index (χ0) is 22.0. The predicted molar refractivity (Wildman–Crippen MR) is 114 cm³/mol. The van der Waals surface area contributed by atoms with Gasteiger partial charge < -0.3 is 15.0 Å². The molecule has 0 atom stereocenters. The third kappa shape index (κ3) is 4.48. The topological polar surface area (TPSA) is 110 Å². The number of hydrogen-bond acceptors (Lipinski definition) is 7. The molecule has 8 nitrogen and oxygen atoms in total. The minimum atomic E-state index is -3.39. The number of methoxy groups -OCH3 is 1. The van der Waals surface area contributed by atoms with Gasteiger partial charge in [-0.2, -0.15) is 4.39 Å². The lowest BCUT2D eigenvalue weighted by molar-refractivity contribution is 0.393. The summed E-state index contributed by atoms with van der Waals surface area (Å²) in [6.45, 7) is 0.380. The number of anilines is 1. The highest BCUT2D eigenvalue weighted by atomic mass is 32.2. The van der Waals surface area contributed by atoms with E-state index in [0.29, 0.717) is 34.8 Å². The molecule has 0 saturated carbocycles. The number of fused-ring (bicyclic) bond motifs is 1. The van der Waals surface area contributed by atoms with Gasteiger partial charge in [-0.25, -0.2) is 23.4 Å². The molecule has 160 valence electrons. The van der Waals surface area contributed by atoms with Gasteiger partial charge in [0.15, 0.2) is 9.84 Å². The molecule has 0 aliphatic rings. The van der Waals surface area contributed by atoms with Crippen LogP contribution in [0.15, 0.2) is 53.8 Å². The molecule has 2 N–H and O–H groups in total. The van der Waals surface area contributed by atoms with E-state index in [9.17, 15) is 12.8 Å². The van der Waals surface area contributed by atoms with Gasteiger partial charge in [0.05, 0.1) is 12.0 Å². The Morgan fingerprint density at radius 1 is 1.16 bits per heavy atom. The van der Waals surface area contributed by atoms with Crippen LogP contribution in [0.1, 0.15) is 16.7 Å². The highest BCUT2D eigenvalue weighted by Gasteiger charge is 2.14. The predicted octanol–water partition coefficient (Wildman–Crippen LogP) is 3.11. The largest absolute Gasteiger partial charge is 0.481 e. The van der Waals surface area contributed by atoms with Gasteiger partial charge in [-0.05, 0) is 23.8 Å². The highest BCUT2D eigenvalue weighted by molar-refractivity contribution is 7.90. The summed E-state index contributed by atoms with van der Waals surface area (Å²) < 4.78 is 43.5. The molecule has 4 rings (SSSR count). The second kappa shape index (κ2) is 8.31. The number of nitrogens with zero attached hydrogens (tertiary/aromatic N) is 3. The molecule has 0 aliphatic carbocycles. The standard InChI is InChI=1S/C21H20FN5O3S/c1-30-21-14(4-3-7-23-21)10-24-18-6-5-13(19(22)27-18)8-15-11-25-20-17(15)9-16(12-26-20)31(2,28)29/h3-7,9,11-12H,8,10H2,1-2H3,(H,24,27)(H,25,26). The van der Waals surface area contributed by atoms with E-state index in [1.54, 1.807) is 36.7 Å². The van der Waals surface area contributed by atoms with Crippen molar-refractivity contribution in [3.05, 3.63) is 71.6 Å². The number of ether oxygens (including phenoxy) is 1. The first-order valence-electron chi connectivity index (χ1n) is 9.38. The second-order valence-electron chi connectivity index (χ2n) is 7.00. The van der Waals surface area contributed by atoms with Crippen LogP contribution >= 0.6 is 0 Å². The molecule has 0 unspecified atom stereocenters. The van der Waals surface area contributed by atoms with Gasteiger partial charge >= 0.3 is 0 Å². The summed E-state index contributed by atoms with van der Waals surface area (Å²) in [6, 6.07) is 8.54. The normalized spacial score (nSPS) is 11.6. The molecule has 0 aliphatic heterocycles. The van der Waals surface area contributed by atoms with Gasteiger partial charge in [0.2, 0.25) is 11.8 Å². The fourth-order valence-electron chi connectivity index (χ4n) is 3.21. The molecule has 4 aromatic rings. The number of hydrogen-bond donors (Lipinski definition) is 2. The molecule has 0 radical (unpaired) electrons. The molecule has 0 aromatic carbocycles. The number of pyridine rings is 3. The van der Waals surface area contributed by atoms with Crippen molar-refractivity contribution in [2.75, 3.05) is 18.7 Å². The third-order valence-corrected chi connectivity index (χ3v) is 5.91. The number of halogens is 1. The Bertz CT molecular complexity index is 1350.